The van der Waals surface area contributed by atoms with Crippen LogP contribution < -0.4 is 4.90 Å². The van der Waals surface area contributed by atoms with Gasteiger partial charge in [0.1, 0.15) is 11.6 Å². The Morgan fingerprint density at radius 3 is 2.24 bits per heavy atom. The summed E-state index contributed by atoms with van der Waals surface area (Å²) < 4.78 is 3.40. The monoisotopic (exact) mass is 456 g/mol. The Labute approximate surface area is 180 Å². The lowest BCUT2D eigenvalue weighted by atomic mass is 9.97. The molecule has 4 rings (SSSR count). The van der Waals surface area contributed by atoms with E-state index in [0.29, 0.717) is 5.92 Å². The third-order valence-electron chi connectivity index (χ3n) is 6.30. The summed E-state index contributed by atoms with van der Waals surface area (Å²) in [5, 5.41) is 10.6. The molecular formula is C23H29BrN4O. The van der Waals surface area contributed by atoms with Crippen LogP contribution >= 0.6 is 15.9 Å². The third kappa shape index (κ3) is 3.46. The van der Waals surface area contributed by atoms with Crippen LogP contribution in [0.4, 0.5) is 5.82 Å². The van der Waals surface area contributed by atoms with Crippen LogP contribution in [0.15, 0.2) is 16.6 Å². The van der Waals surface area contributed by atoms with Crippen molar-refractivity contribution in [2.45, 2.75) is 47.5 Å². The number of aliphatic hydroxyl groups excluding tert-OH is 1. The van der Waals surface area contributed by atoms with Crippen molar-refractivity contribution >= 4 is 32.8 Å². The molecule has 0 atom stereocenters. The van der Waals surface area contributed by atoms with Crippen molar-refractivity contribution in [3.63, 3.8) is 0 Å². The standard InChI is InChI=1S/C23H29BrN4O/c1-13-10-19(24)11-14(2)21(13)28-16(4)15(3)20-22(25-17(5)26-23(20)28)27-8-6-18(12-29)7-9-27/h10-11,18,29H,6-9,12H2,1-5H3. The highest BCUT2D eigenvalue weighted by atomic mass is 79.9. The number of aryl methyl sites for hydroxylation is 4. The summed E-state index contributed by atoms with van der Waals surface area (Å²) in [7, 11) is 0. The zero-order valence-electron chi connectivity index (χ0n) is 17.9. The molecule has 1 fully saturated rings. The van der Waals surface area contributed by atoms with Gasteiger partial charge in [-0.05, 0) is 82.2 Å². The minimum atomic E-state index is 0.280. The van der Waals surface area contributed by atoms with E-state index in [2.05, 4.69) is 65.2 Å². The van der Waals surface area contributed by atoms with E-state index in [0.717, 1.165) is 53.1 Å². The highest BCUT2D eigenvalue weighted by molar-refractivity contribution is 9.10. The van der Waals surface area contributed by atoms with E-state index in [1.54, 1.807) is 0 Å². The summed E-state index contributed by atoms with van der Waals surface area (Å²) >= 11 is 3.62. The van der Waals surface area contributed by atoms with Gasteiger partial charge in [-0.1, -0.05) is 15.9 Å². The minimum Gasteiger partial charge on any atom is -0.396 e. The lowest BCUT2D eigenvalue weighted by molar-refractivity contribution is 0.203. The Bertz CT molecular complexity index is 1060. The molecule has 1 N–H and O–H groups in total. The molecule has 1 saturated heterocycles. The molecule has 0 unspecified atom stereocenters. The summed E-state index contributed by atoms with van der Waals surface area (Å²) in [5.74, 6) is 2.24. The van der Waals surface area contributed by atoms with Gasteiger partial charge in [0.05, 0.1) is 11.1 Å². The highest BCUT2D eigenvalue weighted by Crippen LogP contribution is 2.37. The number of nitrogens with zero attached hydrogens (tertiary/aromatic N) is 4. The van der Waals surface area contributed by atoms with Crippen LogP contribution in [-0.2, 0) is 0 Å². The van der Waals surface area contributed by atoms with Crippen molar-refractivity contribution in [2.24, 2.45) is 5.92 Å². The molecular weight excluding hydrogens is 428 g/mol. The van der Waals surface area contributed by atoms with Gasteiger partial charge in [0.15, 0.2) is 5.65 Å². The number of aliphatic hydroxyl groups is 1. The van der Waals surface area contributed by atoms with Gasteiger partial charge in [-0.25, -0.2) is 9.97 Å². The maximum atomic E-state index is 9.49. The maximum Gasteiger partial charge on any atom is 0.150 e. The number of aromatic nitrogens is 3. The molecule has 1 aromatic carbocycles. The third-order valence-corrected chi connectivity index (χ3v) is 6.76. The summed E-state index contributed by atoms with van der Waals surface area (Å²) in [5.41, 5.74) is 7.07. The number of halogens is 1. The van der Waals surface area contributed by atoms with E-state index in [9.17, 15) is 5.11 Å². The molecule has 5 nitrogen and oxygen atoms in total. The number of rotatable bonds is 3. The summed E-state index contributed by atoms with van der Waals surface area (Å²) in [6.45, 7) is 12.8. The fourth-order valence-corrected chi connectivity index (χ4v) is 5.32. The summed E-state index contributed by atoms with van der Waals surface area (Å²) in [6, 6.07) is 4.33. The van der Waals surface area contributed by atoms with Gasteiger partial charge in [0, 0.05) is 29.9 Å². The van der Waals surface area contributed by atoms with E-state index >= 15 is 0 Å². The van der Waals surface area contributed by atoms with Gasteiger partial charge in [0.2, 0.25) is 0 Å². The Hall–Kier alpha value is -1.92. The molecule has 3 aromatic rings. The van der Waals surface area contributed by atoms with Gasteiger partial charge >= 0.3 is 0 Å². The van der Waals surface area contributed by atoms with E-state index in [1.165, 1.54) is 28.1 Å². The molecule has 0 bridgehead atoms. The van der Waals surface area contributed by atoms with Gasteiger partial charge < -0.3 is 10.0 Å². The van der Waals surface area contributed by atoms with Crippen LogP contribution in [0, 0.1) is 40.5 Å². The Morgan fingerprint density at radius 2 is 1.66 bits per heavy atom. The fourth-order valence-electron chi connectivity index (χ4n) is 4.63. The molecule has 2 aromatic heterocycles. The predicted octanol–water partition coefficient (Wildman–Crippen LogP) is 4.93. The van der Waals surface area contributed by atoms with E-state index in [1.807, 2.05) is 6.92 Å². The fraction of sp³-hybridized carbons (Fsp3) is 0.478. The topological polar surface area (TPSA) is 54.2 Å². The summed E-state index contributed by atoms with van der Waals surface area (Å²) in [6.07, 6.45) is 2.01. The smallest absolute Gasteiger partial charge is 0.150 e. The van der Waals surface area contributed by atoms with Crippen molar-refractivity contribution in [3.8, 4) is 5.69 Å². The molecule has 0 aliphatic carbocycles. The second-order valence-corrected chi connectivity index (χ2v) is 9.26. The van der Waals surface area contributed by atoms with Crippen LogP contribution in [0.3, 0.4) is 0 Å². The zero-order chi connectivity index (χ0) is 20.9. The summed E-state index contributed by atoms with van der Waals surface area (Å²) in [4.78, 5) is 12.1. The average molecular weight is 457 g/mol. The first-order valence-corrected chi connectivity index (χ1v) is 11.1. The SMILES string of the molecule is Cc1nc(N2CCC(CO)CC2)c2c(C)c(C)n(-c3c(C)cc(Br)cc3C)c2n1. The number of hydrogen-bond acceptors (Lipinski definition) is 4. The van der Waals surface area contributed by atoms with Crippen LogP contribution in [0.2, 0.25) is 0 Å². The van der Waals surface area contributed by atoms with Crippen LogP contribution in [0.25, 0.3) is 16.7 Å². The molecule has 3 heterocycles. The number of hydrogen-bond donors (Lipinski definition) is 1. The first-order chi connectivity index (χ1) is 13.8. The molecule has 29 heavy (non-hydrogen) atoms. The first kappa shape index (κ1) is 20.4. The molecule has 1 aliphatic heterocycles. The van der Waals surface area contributed by atoms with Crippen LogP contribution in [-0.4, -0.2) is 39.3 Å². The van der Waals surface area contributed by atoms with Gasteiger partial charge in [-0.3, -0.25) is 4.57 Å². The Kier molecular flexibility index (Phi) is 5.42. The number of fused-ring (bicyclic) bond motifs is 1. The van der Waals surface area contributed by atoms with Crippen molar-refractivity contribution in [1.29, 1.82) is 0 Å². The van der Waals surface area contributed by atoms with Crippen molar-refractivity contribution in [2.75, 3.05) is 24.6 Å². The molecule has 1 aliphatic rings. The lowest BCUT2D eigenvalue weighted by Gasteiger charge is -2.32. The van der Waals surface area contributed by atoms with Crippen LogP contribution in [0.5, 0.6) is 0 Å². The van der Waals surface area contributed by atoms with Crippen molar-refractivity contribution in [1.82, 2.24) is 14.5 Å². The Balaban J connectivity index is 1.94. The highest BCUT2D eigenvalue weighted by Gasteiger charge is 2.26. The second kappa shape index (κ2) is 7.73. The first-order valence-electron chi connectivity index (χ1n) is 10.3. The largest absolute Gasteiger partial charge is 0.396 e. The molecule has 0 spiro atoms. The molecule has 0 amide bonds. The molecule has 6 heteroatoms. The minimum absolute atomic E-state index is 0.280. The van der Waals surface area contributed by atoms with E-state index in [-0.39, 0.29) is 6.61 Å². The van der Waals surface area contributed by atoms with E-state index < -0.39 is 0 Å². The zero-order valence-corrected chi connectivity index (χ0v) is 19.5. The number of piperidine rings is 1. The molecule has 154 valence electrons. The second-order valence-electron chi connectivity index (χ2n) is 8.34. The van der Waals surface area contributed by atoms with Crippen molar-refractivity contribution < 1.29 is 5.11 Å². The Morgan fingerprint density at radius 1 is 1.03 bits per heavy atom. The van der Waals surface area contributed by atoms with Crippen molar-refractivity contribution in [3.05, 3.63) is 44.8 Å². The molecule has 0 saturated carbocycles. The van der Waals surface area contributed by atoms with E-state index in [4.69, 9.17) is 9.97 Å². The lowest BCUT2D eigenvalue weighted by Crippen LogP contribution is -2.35. The molecule has 0 radical (unpaired) electrons. The van der Waals surface area contributed by atoms with Gasteiger partial charge in [-0.15, -0.1) is 0 Å². The predicted molar refractivity (Wildman–Crippen MR) is 122 cm³/mol. The number of benzene rings is 1. The average Bonchev–Trinajstić information content (AvgIpc) is 2.92. The number of anilines is 1. The quantitative estimate of drug-likeness (QED) is 0.606. The van der Waals surface area contributed by atoms with Gasteiger partial charge in [0.25, 0.3) is 0 Å². The normalized spacial score (nSPS) is 15.5. The van der Waals surface area contributed by atoms with Gasteiger partial charge in [-0.2, -0.15) is 0 Å². The van der Waals surface area contributed by atoms with Crippen LogP contribution in [0.1, 0.15) is 41.1 Å². The maximum absolute atomic E-state index is 9.49.